The molecule has 5 unspecified atom stereocenters. The molecule has 0 spiro atoms. The normalized spacial score (nSPS) is 15.0. The summed E-state index contributed by atoms with van der Waals surface area (Å²) in [5.41, 5.74) is 0. The molecule has 0 heterocycles. The number of carbonyl (C=O) groups is 3. The van der Waals surface area contributed by atoms with E-state index in [0.717, 1.165) is 154 Å². The molecule has 0 aromatic heterocycles. The summed E-state index contributed by atoms with van der Waals surface area (Å²) in [5.74, 6) is -1.63. The van der Waals surface area contributed by atoms with Gasteiger partial charge in [-0.1, -0.05) is 226 Å². The van der Waals surface area contributed by atoms with Gasteiger partial charge in [0.05, 0.1) is 26.4 Å². The van der Waals surface area contributed by atoms with E-state index in [1.54, 1.807) is 0 Å². The van der Waals surface area contributed by atoms with Crippen LogP contribution in [0.25, 0.3) is 0 Å². The second-order valence-electron chi connectivity index (χ2n) is 22.2. The molecule has 0 radical (unpaired) electrons. The summed E-state index contributed by atoms with van der Waals surface area (Å²) in [6.07, 6.45) is 72.5. The second kappa shape index (κ2) is 64.1. The Morgan fingerprint density at radius 1 is 0.326 bits per heavy atom. The molecule has 510 valence electrons. The molecule has 0 aliphatic carbocycles. The summed E-state index contributed by atoms with van der Waals surface area (Å²) in [5, 5.41) is 20.5. The van der Waals surface area contributed by atoms with E-state index in [9.17, 15) is 43.5 Å². The van der Waals surface area contributed by atoms with Crippen molar-refractivity contribution in [1.82, 2.24) is 0 Å². The quantitative estimate of drug-likeness (QED) is 0.0146. The van der Waals surface area contributed by atoms with E-state index in [4.69, 9.17) is 32.3 Å². The fraction of sp³-hybridized carbons (Fsp3) is 0.676. The molecule has 0 rings (SSSR count). The van der Waals surface area contributed by atoms with E-state index >= 15 is 0 Å². The van der Waals surface area contributed by atoms with E-state index in [-0.39, 0.29) is 19.3 Å². The average molecular weight is 1290 g/mol. The van der Waals surface area contributed by atoms with Crippen LogP contribution in [0.3, 0.4) is 0 Å². The third-order valence-electron chi connectivity index (χ3n) is 13.7. The number of phosphoric ester groups is 2. The third-order valence-corrected chi connectivity index (χ3v) is 15.6. The lowest BCUT2D eigenvalue weighted by atomic mass is 10.1. The van der Waals surface area contributed by atoms with Crippen LogP contribution in [0, 0.1) is 0 Å². The standard InChI is InChI=1S/C71H120O16P2/c1-4-7-10-13-16-19-22-25-28-30-32-34-37-39-42-45-48-51-54-57-69(74)81-60-66(72)61-83-88(77,78)84-62-67(73)63-85-89(79,80)86-65-68(87-71(76)59-56-53-50-47-44-41-36-27-24-21-18-15-12-9-6-3)64-82-70(75)58-55-52-49-46-43-40-38-35-33-31-29-26-23-20-17-14-11-8-5-2/h7-8,10-11,16-17,19-20,25-29,32-36,39,42,66-68,72-73H,4-6,9,12-15,18,21-24,30-31,37-38,40-41,43-65H2,1-3H3,(H,77,78)(H,79,80)/b10-7-,11-8-,19-16-,20-17-,28-25-,29-26-,34-32-,35-33-,36-27-,42-39-. The first-order chi connectivity index (χ1) is 43.2. The average Bonchev–Trinajstić information content (AvgIpc) is 3.54. The summed E-state index contributed by atoms with van der Waals surface area (Å²) in [4.78, 5) is 58.4. The molecule has 0 fully saturated rings. The Morgan fingerprint density at radius 3 is 0.966 bits per heavy atom. The predicted octanol–water partition coefficient (Wildman–Crippen LogP) is 18.6. The number of hydrogen-bond acceptors (Lipinski definition) is 14. The summed E-state index contributed by atoms with van der Waals surface area (Å²) >= 11 is 0. The van der Waals surface area contributed by atoms with Crippen LogP contribution in [0.1, 0.15) is 252 Å². The van der Waals surface area contributed by atoms with Crippen LogP contribution in [0.5, 0.6) is 0 Å². The molecule has 0 aromatic carbocycles. The van der Waals surface area contributed by atoms with Gasteiger partial charge in [0.15, 0.2) is 6.10 Å². The van der Waals surface area contributed by atoms with Crippen LogP contribution in [0.4, 0.5) is 0 Å². The maximum atomic E-state index is 12.9. The smallest absolute Gasteiger partial charge is 0.463 e. The van der Waals surface area contributed by atoms with Gasteiger partial charge in [0.1, 0.15) is 25.4 Å². The van der Waals surface area contributed by atoms with E-state index in [0.29, 0.717) is 19.3 Å². The maximum absolute atomic E-state index is 12.9. The van der Waals surface area contributed by atoms with Gasteiger partial charge in [-0.25, -0.2) is 9.13 Å². The molecule has 89 heavy (non-hydrogen) atoms. The number of phosphoric acid groups is 2. The predicted molar refractivity (Wildman–Crippen MR) is 362 cm³/mol. The van der Waals surface area contributed by atoms with Crippen molar-refractivity contribution in [2.45, 2.75) is 270 Å². The van der Waals surface area contributed by atoms with Crippen LogP contribution < -0.4 is 0 Å². The molecule has 0 saturated heterocycles. The van der Waals surface area contributed by atoms with Gasteiger partial charge in [-0.15, -0.1) is 0 Å². The zero-order valence-electron chi connectivity index (χ0n) is 55.1. The summed E-state index contributed by atoms with van der Waals surface area (Å²) in [6, 6.07) is 0. The number of allylic oxidation sites excluding steroid dienone is 20. The van der Waals surface area contributed by atoms with Gasteiger partial charge in [0.25, 0.3) is 0 Å². The van der Waals surface area contributed by atoms with Gasteiger partial charge < -0.3 is 34.2 Å². The molecular weight excluding hydrogens is 1170 g/mol. The summed E-state index contributed by atoms with van der Waals surface area (Å²) in [7, 11) is -9.79. The molecule has 18 heteroatoms. The fourth-order valence-electron chi connectivity index (χ4n) is 8.52. The number of hydrogen-bond donors (Lipinski definition) is 4. The molecule has 0 amide bonds. The van der Waals surface area contributed by atoms with Crippen LogP contribution in [-0.2, 0) is 55.8 Å². The topological polar surface area (TPSA) is 231 Å². The first-order valence-corrected chi connectivity index (χ1v) is 36.8. The van der Waals surface area contributed by atoms with Crippen molar-refractivity contribution in [3.05, 3.63) is 122 Å². The molecule has 0 aliphatic heterocycles. The van der Waals surface area contributed by atoms with Crippen molar-refractivity contribution >= 4 is 33.6 Å². The highest BCUT2D eigenvalue weighted by atomic mass is 31.2. The summed E-state index contributed by atoms with van der Waals surface area (Å²) < 4.78 is 60.8. The van der Waals surface area contributed by atoms with E-state index < -0.39 is 91.5 Å². The van der Waals surface area contributed by atoms with Gasteiger partial charge >= 0.3 is 33.6 Å². The Morgan fingerprint density at radius 2 is 0.596 bits per heavy atom. The molecule has 5 atom stereocenters. The SMILES string of the molecule is CC/C=C\C/C=C\C/C=C\C/C=C\C/C=C\CCCCCC(=O)OCC(O)COP(=O)(O)OCC(O)COP(=O)(O)OCC(COC(=O)CCCCCCCC/C=C\C/C=C\C/C=C\C/C=C\CC)OC(=O)CCCCCCC/C=C\CCCCCCCC. The van der Waals surface area contributed by atoms with Crippen molar-refractivity contribution in [1.29, 1.82) is 0 Å². The van der Waals surface area contributed by atoms with E-state index in [1.165, 1.54) is 38.5 Å². The van der Waals surface area contributed by atoms with E-state index in [1.807, 2.05) is 0 Å². The third kappa shape index (κ3) is 65.3. The molecule has 0 saturated carbocycles. The Balaban J connectivity index is 4.74. The summed E-state index contributed by atoms with van der Waals surface area (Å²) in [6.45, 7) is 2.36. The second-order valence-corrected chi connectivity index (χ2v) is 25.1. The Bertz CT molecular complexity index is 2110. The minimum absolute atomic E-state index is 0.0880. The number of unbranched alkanes of at least 4 members (excludes halogenated alkanes) is 20. The minimum atomic E-state index is -4.93. The van der Waals surface area contributed by atoms with Crippen molar-refractivity contribution in [3.8, 4) is 0 Å². The molecule has 0 aliphatic rings. The largest absolute Gasteiger partial charge is 0.472 e. The zero-order chi connectivity index (χ0) is 65.3. The molecule has 0 aromatic rings. The monoisotopic (exact) mass is 1290 g/mol. The molecule has 0 bridgehead atoms. The highest BCUT2D eigenvalue weighted by Crippen LogP contribution is 2.45. The van der Waals surface area contributed by atoms with Crippen molar-refractivity contribution in [2.24, 2.45) is 0 Å². The first-order valence-electron chi connectivity index (χ1n) is 33.8. The highest BCUT2D eigenvalue weighted by Gasteiger charge is 2.29. The van der Waals surface area contributed by atoms with Gasteiger partial charge in [-0.2, -0.15) is 0 Å². The molecule has 16 nitrogen and oxygen atoms in total. The number of esters is 3. The molecule has 4 N–H and O–H groups in total. The number of carbonyl (C=O) groups excluding carboxylic acids is 3. The maximum Gasteiger partial charge on any atom is 0.472 e. The van der Waals surface area contributed by atoms with Crippen LogP contribution in [0.15, 0.2) is 122 Å². The Labute approximate surface area is 538 Å². The van der Waals surface area contributed by atoms with Crippen LogP contribution in [-0.4, -0.2) is 95.9 Å². The van der Waals surface area contributed by atoms with Crippen molar-refractivity contribution in [3.63, 3.8) is 0 Å². The number of aliphatic hydroxyl groups is 2. The lowest BCUT2D eigenvalue weighted by Crippen LogP contribution is -2.30. The van der Waals surface area contributed by atoms with Gasteiger partial charge in [-0.3, -0.25) is 32.5 Å². The Hall–Kier alpha value is -4.05. The number of ether oxygens (including phenoxy) is 3. The minimum Gasteiger partial charge on any atom is -0.463 e. The fourth-order valence-corrected chi connectivity index (χ4v) is 10.1. The number of aliphatic hydroxyl groups excluding tert-OH is 2. The van der Waals surface area contributed by atoms with Crippen molar-refractivity contribution < 1.29 is 75.8 Å². The van der Waals surface area contributed by atoms with Crippen molar-refractivity contribution in [2.75, 3.05) is 39.6 Å². The van der Waals surface area contributed by atoms with E-state index in [2.05, 4.69) is 142 Å². The van der Waals surface area contributed by atoms with Gasteiger partial charge in [0, 0.05) is 19.3 Å². The highest BCUT2D eigenvalue weighted by molar-refractivity contribution is 7.47. The van der Waals surface area contributed by atoms with Crippen LogP contribution in [0.2, 0.25) is 0 Å². The molecular formula is C71H120O16P2. The van der Waals surface area contributed by atoms with Gasteiger partial charge in [0.2, 0.25) is 0 Å². The van der Waals surface area contributed by atoms with Crippen LogP contribution >= 0.6 is 15.6 Å². The Kier molecular flexibility index (Phi) is 61.2. The first kappa shape index (κ1) is 85.0. The number of rotatable bonds is 63. The lowest BCUT2D eigenvalue weighted by Gasteiger charge is -2.21. The van der Waals surface area contributed by atoms with Gasteiger partial charge in [-0.05, 0) is 128 Å². The zero-order valence-corrected chi connectivity index (χ0v) is 56.8. The lowest BCUT2D eigenvalue weighted by molar-refractivity contribution is -0.161.